The van der Waals surface area contributed by atoms with Crippen LogP contribution >= 0.6 is 11.8 Å². The van der Waals surface area contributed by atoms with Gasteiger partial charge in [-0.1, -0.05) is 53.6 Å². The number of amides is 1. The average molecular weight is 497 g/mol. The Morgan fingerprint density at radius 1 is 0.882 bits per heavy atom. The third kappa shape index (κ3) is 6.87. The van der Waals surface area contributed by atoms with Gasteiger partial charge in [-0.3, -0.25) is 9.10 Å². The van der Waals surface area contributed by atoms with E-state index in [2.05, 4.69) is 30.4 Å². The Kier molecular flexibility index (Phi) is 8.80. The van der Waals surface area contributed by atoms with Crippen molar-refractivity contribution in [3.05, 3.63) is 94.5 Å². The highest BCUT2D eigenvalue weighted by molar-refractivity contribution is 7.98. The third-order valence-electron chi connectivity index (χ3n) is 5.59. The first-order valence-corrected chi connectivity index (χ1v) is 13.8. The molecule has 3 aromatic carbocycles. The first-order chi connectivity index (χ1) is 16.2. The lowest BCUT2D eigenvalue weighted by atomic mass is 10.1. The number of hydrogen-bond acceptors (Lipinski definition) is 4. The molecule has 0 spiro atoms. The Hall–Kier alpha value is -2.77. The van der Waals surface area contributed by atoms with Crippen LogP contribution in [0.15, 0.2) is 71.6 Å². The van der Waals surface area contributed by atoms with Crippen LogP contribution in [0.5, 0.6) is 0 Å². The van der Waals surface area contributed by atoms with Gasteiger partial charge in [0.2, 0.25) is 5.91 Å². The van der Waals surface area contributed by atoms with E-state index in [9.17, 15) is 13.2 Å². The predicted octanol–water partition coefficient (Wildman–Crippen LogP) is 5.17. The third-order valence-corrected chi connectivity index (χ3v) is 8.41. The highest BCUT2D eigenvalue weighted by Gasteiger charge is 2.27. The van der Waals surface area contributed by atoms with Crippen LogP contribution in [0.3, 0.4) is 0 Å². The summed E-state index contributed by atoms with van der Waals surface area (Å²) < 4.78 is 28.2. The zero-order valence-corrected chi connectivity index (χ0v) is 21.8. The molecule has 0 aliphatic rings. The number of aryl methyl sites for hydroxylation is 4. The smallest absolute Gasteiger partial charge is 0.264 e. The van der Waals surface area contributed by atoms with Gasteiger partial charge in [-0.25, -0.2) is 8.42 Å². The molecular formula is C27H32N2O3S2. The maximum Gasteiger partial charge on any atom is 0.264 e. The second-order valence-corrected chi connectivity index (χ2v) is 11.5. The first kappa shape index (κ1) is 25.8. The van der Waals surface area contributed by atoms with E-state index in [1.807, 2.05) is 39.0 Å². The van der Waals surface area contributed by atoms with Crippen LogP contribution in [0.1, 0.15) is 27.8 Å². The Bertz CT molecular complexity index is 1240. The number of nitrogens with one attached hydrogen (secondary N) is 1. The summed E-state index contributed by atoms with van der Waals surface area (Å²) in [6.45, 7) is 8.07. The van der Waals surface area contributed by atoms with E-state index in [-0.39, 0.29) is 17.3 Å². The van der Waals surface area contributed by atoms with E-state index in [0.29, 0.717) is 12.2 Å². The number of benzene rings is 3. The summed E-state index contributed by atoms with van der Waals surface area (Å²) in [5.41, 5.74) is 5.96. The molecule has 0 aliphatic carbocycles. The van der Waals surface area contributed by atoms with Gasteiger partial charge in [-0.2, -0.15) is 11.8 Å². The van der Waals surface area contributed by atoms with E-state index in [0.717, 1.165) is 28.2 Å². The van der Waals surface area contributed by atoms with Gasteiger partial charge < -0.3 is 5.32 Å². The van der Waals surface area contributed by atoms with Crippen molar-refractivity contribution in [3.63, 3.8) is 0 Å². The summed E-state index contributed by atoms with van der Waals surface area (Å²) in [5.74, 6) is 1.28. The fourth-order valence-corrected chi connectivity index (χ4v) is 5.69. The molecule has 0 unspecified atom stereocenters. The summed E-state index contributed by atoms with van der Waals surface area (Å²) in [7, 11) is -3.90. The van der Waals surface area contributed by atoms with Gasteiger partial charge in [-0.15, -0.1) is 0 Å². The number of carbonyl (C=O) groups is 1. The van der Waals surface area contributed by atoms with E-state index < -0.39 is 10.0 Å². The van der Waals surface area contributed by atoms with Gasteiger partial charge in [-0.05, 0) is 68.7 Å². The highest BCUT2D eigenvalue weighted by Crippen LogP contribution is 2.26. The Balaban J connectivity index is 1.67. The number of rotatable bonds is 10. The summed E-state index contributed by atoms with van der Waals surface area (Å²) in [5, 5.41) is 2.87. The van der Waals surface area contributed by atoms with Crippen LogP contribution in [0, 0.1) is 27.7 Å². The summed E-state index contributed by atoms with van der Waals surface area (Å²) in [6.07, 6.45) is 0. The molecule has 0 bridgehead atoms. The van der Waals surface area contributed by atoms with Crippen LogP contribution in [-0.4, -0.2) is 33.2 Å². The minimum atomic E-state index is -3.90. The van der Waals surface area contributed by atoms with Crippen molar-refractivity contribution in [1.82, 2.24) is 5.32 Å². The number of sulfonamides is 1. The molecule has 5 nitrogen and oxygen atoms in total. The molecule has 0 heterocycles. The molecule has 0 aliphatic heterocycles. The number of carbonyl (C=O) groups excluding carboxylic acids is 1. The van der Waals surface area contributed by atoms with Crippen molar-refractivity contribution in [2.24, 2.45) is 0 Å². The molecule has 0 fully saturated rings. The lowest BCUT2D eigenvalue weighted by molar-refractivity contribution is -0.119. The zero-order valence-electron chi connectivity index (χ0n) is 20.2. The number of anilines is 1. The quantitative estimate of drug-likeness (QED) is 0.394. The Morgan fingerprint density at radius 2 is 1.62 bits per heavy atom. The molecule has 0 saturated heterocycles. The molecule has 0 radical (unpaired) electrons. The molecule has 34 heavy (non-hydrogen) atoms. The normalized spacial score (nSPS) is 11.3. The van der Waals surface area contributed by atoms with Crippen LogP contribution in [-0.2, 0) is 20.6 Å². The fraction of sp³-hybridized carbons (Fsp3) is 0.296. The molecule has 1 N–H and O–H groups in total. The minimum Gasteiger partial charge on any atom is -0.354 e. The standard InChI is InChI=1S/C27H32N2O3S2/c1-20-8-12-26(13-9-20)34(31,32)29(25-11-10-22(3)23(4)17-25)18-27(30)28-14-15-33-19-24-7-5-6-21(2)16-24/h5-13,16-17H,14-15,18-19H2,1-4H3,(H,28,30). The van der Waals surface area contributed by atoms with Crippen molar-refractivity contribution >= 4 is 33.4 Å². The van der Waals surface area contributed by atoms with Crippen LogP contribution in [0.2, 0.25) is 0 Å². The molecular weight excluding hydrogens is 464 g/mol. The van der Waals surface area contributed by atoms with Crippen molar-refractivity contribution < 1.29 is 13.2 Å². The fourth-order valence-electron chi connectivity index (χ4n) is 3.47. The van der Waals surface area contributed by atoms with E-state index in [1.165, 1.54) is 15.4 Å². The first-order valence-electron chi connectivity index (χ1n) is 11.2. The van der Waals surface area contributed by atoms with Gasteiger partial charge in [0.25, 0.3) is 10.0 Å². The van der Waals surface area contributed by atoms with Crippen molar-refractivity contribution in [3.8, 4) is 0 Å². The van der Waals surface area contributed by atoms with Crippen molar-refractivity contribution in [1.29, 1.82) is 0 Å². The van der Waals surface area contributed by atoms with Crippen molar-refractivity contribution in [2.45, 2.75) is 38.3 Å². The van der Waals surface area contributed by atoms with Gasteiger partial charge in [0.1, 0.15) is 6.54 Å². The van der Waals surface area contributed by atoms with Gasteiger partial charge in [0.15, 0.2) is 0 Å². The molecule has 180 valence electrons. The topological polar surface area (TPSA) is 66.5 Å². The number of hydrogen-bond donors (Lipinski definition) is 1. The molecule has 0 aromatic heterocycles. The van der Waals surface area contributed by atoms with Gasteiger partial charge in [0, 0.05) is 18.1 Å². The molecule has 3 aromatic rings. The summed E-state index contributed by atoms with van der Waals surface area (Å²) >= 11 is 1.73. The van der Waals surface area contributed by atoms with E-state index in [4.69, 9.17) is 0 Å². The van der Waals surface area contributed by atoms with E-state index >= 15 is 0 Å². The lowest BCUT2D eigenvalue weighted by Gasteiger charge is -2.25. The summed E-state index contributed by atoms with van der Waals surface area (Å²) in [4.78, 5) is 12.9. The second-order valence-electron chi connectivity index (χ2n) is 8.48. The SMILES string of the molecule is Cc1ccc(S(=O)(=O)N(CC(=O)NCCSCc2cccc(C)c2)c2ccc(C)c(C)c2)cc1. The largest absolute Gasteiger partial charge is 0.354 e. The predicted molar refractivity (Wildman–Crippen MR) is 142 cm³/mol. The Labute approximate surface area is 207 Å². The van der Waals surface area contributed by atoms with E-state index in [1.54, 1.807) is 42.1 Å². The Morgan fingerprint density at radius 3 is 2.29 bits per heavy atom. The number of thioether (sulfide) groups is 1. The van der Waals surface area contributed by atoms with Gasteiger partial charge >= 0.3 is 0 Å². The van der Waals surface area contributed by atoms with Crippen LogP contribution in [0.4, 0.5) is 5.69 Å². The molecule has 0 saturated carbocycles. The molecule has 7 heteroatoms. The minimum absolute atomic E-state index is 0.165. The highest BCUT2D eigenvalue weighted by atomic mass is 32.2. The van der Waals surface area contributed by atoms with Crippen LogP contribution in [0.25, 0.3) is 0 Å². The molecule has 1 amide bonds. The zero-order chi connectivity index (χ0) is 24.7. The average Bonchev–Trinajstić information content (AvgIpc) is 2.79. The van der Waals surface area contributed by atoms with Crippen LogP contribution < -0.4 is 9.62 Å². The summed E-state index contributed by atoms with van der Waals surface area (Å²) in [6, 6.07) is 20.5. The molecule has 0 atom stereocenters. The maximum absolute atomic E-state index is 13.5. The van der Waals surface area contributed by atoms with Gasteiger partial charge in [0.05, 0.1) is 10.6 Å². The number of nitrogens with zero attached hydrogens (tertiary/aromatic N) is 1. The second kappa shape index (κ2) is 11.6. The lowest BCUT2D eigenvalue weighted by Crippen LogP contribution is -2.41. The molecule has 3 rings (SSSR count). The monoisotopic (exact) mass is 496 g/mol. The van der Waals surface area contributed by atoms with Crippen molar-refractivity contribution in [2.75, 3.05) is 23.1 Å². The maximum atomic E-state index is 13.5.